The van der Waals surface area contributed by atoms with Crippen LogP contribution in [0.15, 0.2) is 66.9 Å². The van der Waals surface area contributed by atoms with Crippen molar-refractivity contribution in [3.63, 3.8) is 0 Å². The van der Waals surface area contributed by atoms with Crippen molar-refractivity contribution in [2.45, 2.75) is 0 Å². The number of aromatic nitrogens is 2. The maximum absolute atomic E-state index is 12.9. The first-order chi connectivity index (χ1) is 11.3. The number of fused-ring (bicyclic) bond motifs is 3. The number of rotatable bonds is 3. The zero-order valence-electron chi connectivity index (χ0n) is 12.6. The molecule has 4 nitrogen and oxygen atoms in total. The Labute approximate surface area is 133 Å². The van der Waals surface area contributed by atoms with Crippen molar-refractivity contribution < 1.29 is 9.53 Å². The fourth-order valence-corrected chi connectivity index (χ4v) is 2.77. The lowest BCUT2D eigenvalue weighted by Crippen LogP contribution is -2.07. The van der Waals surface area contributed by atoms with Gasteiger partial charge < -0.3 is 9.14 Å². The second-order valence-electron chi connectivity index (χ2n) is 5.27. The van der Waals surface area contributed by atoms with Crippen LogP contribution in [0.4, 0.5) is 0 Å². The van der Waals surface area contributed by atoms with E-state index >= 15 is 0 Å². The Kier molecular flexibility index (Phi) is 3.08. The Morgan fingerprint density at radius 3 is 2.48 bits per heavy atom. The molecular weight excluding hydrogens is 288 g/mol. The Morgan fingerprint density at radius 2 is 1.70 bits per heavy atom. The molecule has 0 bridgehead atoms. The number of benzene rings is 2. The molecule has 0 aliphatic carbocycles. The van der Waals surface area contributed by atoms with E-state index in [-0.39, 0.29) is 5.78 Å². The van der Waals surface area contributed by atoms with Crippen molar-refractivity contribution in [2.75, 3.05) is 7.11 Å². The topological polar surface area (TPSA) is 43.6 Å². The fraction of sp³-hybridized carbons (Fsp3) is 0.0526. The highest BCUT2D eigenvalue weighted by molar-refractivity contribution is 6.12. The molecule has 2 aromatic carbocycles. The van der Waals surface area contributed by atoms with E-state index in [1.807, 2.05) is 47.0 Å². The number of carbonyl (C=O) groups excluding carboxylic acids is 1. The molecule has 0 N–H and O–H groups in total. The fourth-order valence-electron chi connectivity index (χ4n) is 2.77. The molecule has 0 saturated carbocycles. The molecule has 4 heteroatoms. The number of hydrogen-bond acceptors (Lipinski definition) is 3. The van der Waals surface area contributed by atoms with Crippen LogP contribution in [0, 0.1) is 0 Å². The SMILES string of the molecule is COc1ccc(C(=O)c2nc3ccccc3n3cccc23)cc1. The standard InChI is InChI=1S/C19H14N2O2/c1-23-14-10-8-13(9-11-14)19(22)18-17-7-4-12-21(17)16-6-3-2-5-15(16)20-18/h2-12H,1H3. The minimum absolute atomic E-state index is 0.0953. The van der Waals surface area contributed by atoms with Gasteiger partial charge in [0.1, 0.15) is 11.4 Å². The lowest BCUT2D eigenvalue weighted by molar-refractivity contribution is 0.103. The van der Waals surface area contributed by atoms with Gasteiger partial charge in [0.25, 0.3) is 0 Å². The molecule has 0 atom stereocenters. The van der Waals surface area contributed by atoms with Crippen LogP contribution < -0.4 is 4.74 Å². The highest BCUT2D eigenvalue weighted by Crippen LogP contribution is 2.22. The number of ketones is 1. The predicted octanol–water partition coefficient (Wildman–Crippen LogP) is 3.73. The molecule has 0 radical (unpaired) electrons. The molecule has 0 saturated heterocycles. The third kappa shape index (κ3) is 2.16. The average molecular weight is 302 g/mol. The first kappa shape index (κ1) is 13.5. The van der Waals surface area contributed by atoms with Gasteiger partial charge in [-0.2, -0.15) is 0 Å². The third-order valence-electron chi connectivity index (χ3n) is 3.93. The van der Waals surface area contributed by atoms with Crippen LogP contribution in [-0.4, -0.2) is 22.3 Å². The zero-order chi connectivity index (χ0) is 15.8. The van der Waals surface area contributed by atoms with Crippen molar-refractivity contribution in [1.82, 2.24) is 9.38 Å². The van der Waals surface area contributed by atoms with Gasteiger partial charge in [0, 0.05) is 11.8 Å². The predicted molar refractivity (Wildman–Crippen MR) is 89.1 cm³/mol. The minimum Gasteiger partial charge on any atom is -0.497 e. The largest absolute Gasteiger partial charge is 0.497 e. The van der Waals surface area contributed by atoms with E-state index in [0.717, 1.165) is 22.3 Å². The summed E-state index contributed by atoms with van der Waals surface area (Å²) < 4.78 is 7.14. The summed E-state index contributed by atoms with van der Waals surface area (Å²) in [6, 6.07) is 18.7. The molecule has 0 fully saturated rings. The van der Waals surface area contributed by atoms with Crippen molar-refractivity contribution in [3.8, 4) is 5.75 Å². The molecule has 0 aliphatic heterocycles. The molecule has 0 aliphatic rings. The van der Waals surface area contributed by atoms with Crippen molar-refractivity contribution in [3.05, 3.63) is 78.1 Å². The van der Waals surface area contributed by atoms with E-state index in [4.69, 9.17) is 4.74 Å². The van der Waals surface area contributed by atoms with E-state index in [1.165, 1.54) is 0 Å². The Hall–Kier alpha value is -3.14. The van der Waals surface area contributed by atoms with Gasteiger partial charge in [-0.15, -0.1) is 0 Å². The number of methoxy groups -OCH3 is 1. The van der Waals surface area contributed by atoms with Gasteiger partial charge in [0.15, 0.2) is 0 Å². The van der Waals surface area contributed by atoms with E-state index in [1.54, 1.807) is 31.4 Å². The summed E-state index contributed by atoms with van der Waals surface area (Å²) in [7, 11) is 1.60. The van der Waals surface area contributed by atoms with Crippen LogP contribution in [-0.2, 0) is 0 Å². The van der Waals surface area contributed by atoms with Crippen LogP contribution >= 0.6 is 0 Å². The quantitative estimate of drug-likeness (QED) is 0.542. The molecule has 23 heavy (non-hydrogen) atoms. The molecule has 4 rings (SSSR count). The van der Waals surface area contributed by atoms with Gasteiger partial charge in [-0.3, -0.25) is 4.79 Å². The summed E-state index contributed by atoms with van der Waals surface area (Å²) >= 11 is 0. The van der Waals surface area contributed by atoms with Crippen LogP contribution in [0.3, 0.4) is 0 Å². The summed E-state index contributed by atoms with van der Waals surface area (Å²) in [6.07, 6.45) is 1.95. The summed E-state index contributed by atoms with van der Waals surface area (Å²) in [5, 5.41) is 0. The van der Waals surface area contributed by atoms with Crippen LogP contribution in [0.25, 0.3) is 16.6 Å². The van der Waals surface area contributed by atoms with Gasteiger partial charge in [0.05, 0.1) is 23.7 Å². The van der Waals surface area contributed by atoms with Gasteiger partial charge >= 0.3 is 0 Å². The summed E-state index contributed by atoms with van der Waals surface area (Å²) in [5.41, 5.74) is 3.65. The minimum atomic E-state index is -0.0953. The number of nitrogens with zero attached hydrogens (tertiary/aromatic N) is 2. The Bertz CT molecular complexity index is 1020. The van der Waals surface area contributed by atoms with Crippen LogP contribution in [0.2, 0.25) is 0 Å². The lowest BCUT2D eigenvalue weighted by atomic mass is 10.1. The molecule has 0 amide bonds. The van der Waals surface area contributed by atoms with Crippen LogP contribution in [0.1, 0.15) is 16.1 Å². The molecule has 0 unspecified atom stereocenters. The van der Waals surface area contributed by atoms with E-state index < -0.39 is 0 Å². The van der Waals surface area contributed by atoms with E-state index in [9.17, 15) is 4.79 Å². The highest BCUT2D eigenvalue weighted by Gasteiger charge is 2.16. The summed E-state index contributed by atoms with van der Waals surface area (Å²) in [4.78, 5) is 17.5. The maximum Gasteiger partial charge on any atom is 0.213 e. The number of para-hydroxylation sites is 2. The van der Waals surface area contributed by atoms with Gasteiger partial charge in [-0.05, 0) is 48.5 Å². The van der Waals surface area contributed by atoms with Crippen LogP contribution in [0.5, 0.6) is 5.75 Å². The molecule has 0 spiro atoms. The molecule has 112 valence electrons. The number of hydrogen-bond donors (Lipinski definition) is 0. The molecule has 2 aromatic heterocycles. The molecule has 4 aromatic rings. The third-order valence-corrected chi connectivity index (χ3v) is 3.93. The number of carbonyl (C=O) groups is 1. The maximum atomic E-state index is 12.9. The molecular formula is C19H14N2O2. The Balaban J connectivity index is 1.92. The normalized spacial score (nSPS) is 11.0. The lowest BCUT2D eigenvalue weighted by Gasteiger charge is -2.08. The van der Waals surface area contributed by atoms with Crippen molar-refractivity contribution in [2.24, 2.45) is 0 Å². The zero-order valence-corrected chi connectivity index (χ0v) is 12.6. The number of ether oxygens (including phenoxy) is 1. The van der Waals surface area contributed by atoms with Crippen molar-refractivity contribution >= 4 is 22.3 Å². The van der Waals surface area contributed by atoms with E-state index in [2.05, 4.69) is 4.98 Å². The van der Waals surface area contributed by atoms with Gasteiger partial charge in [0.2, 0.25) is 5.78 Å². The highest BCUT2D eigenvalue weighted by atomic mass is 16.5. The van der Waals surface area contributed by atoms with Gasteiger partial charge in [-0.1, -0.05) is 12.1 Å². The van der Waals surface area contributed by atoms with Crippen molar-refractivity contribution in [1.29, 1.82) is 0 Å². The second kappa shape index (κ2) is 5.25. The first-order valence-electron chi connectivity index (χ1n) is 7.32. The monoisotopic (exact) mass is 302 g/mol. The van der Waals surface area contributed by atoms with E-state index in [0.29, 0.717) is 11.3 Å². The first-order valence-corrected chi connectivity index (χ1v) is 7.32. The molecule has 2 heterocycles. The Morgan fingerprint density at radius 1 is 0.957 bits per heavy atom. The average Bonchev–Trinajstić information content (AvgIpc) is 3.10. The van der Waals surface area contributed by atoms with Gasteiger partial charge in [-0.25, -0.2) is 4.98 Å². The second-order valence-corrected chi connectivity index (χ2v) is 5.27. The summed E-state index contributed by atoms with van der Waals surface area (Å²) in [6.45, 7) is 0. The summed E-state index contributed by atoms with van der Waals surface area (Å²) in [5.74, 6) is 0.628. The smallest absolute Gasteiger partial charge is 0.213 e.